The molecule has 5 nitrogen and oxygen atoms in total. The van der Waals surface area contributed by atoms with Crippen molar-refractivity contribution in [1.29, 1.82) is 0 Å². The van der Waals surface area contributed by atoms with Gasteiger partial charge in [0.05, 0.1) is 4.90 Å². The minimum absolute atomic E-state index is 0.0348. The Kier molecular flexibility index (Phi) is 7.85. The summed E-state index contributed by atoms with van der Waals surface area (Å²) in [5.74, 6) is -0.0962. The van der Waals surface area contributed by atoms with Gasteiger partial charge in [-0.1, -0.05) is 57.2 Å². The van der Waals surface area contributed by atoms with Crippen LogP contribution in [-0.2, 0) is 22.0 Å². The van der Waals surface area contributed by atoms with E-state index in [1.165, 1.54) is 12.1 Å². The van der Waals surface area contributed by atoms with Crippen LogP contribution in [0, 0.1) is 5.82 Å². The molecule has 0 fully saturated rings. The van der Waals surface area contributed by atoms with E-state index in [1.54, 1.807) is 36.4 Å². The van der Waals surface area contributed by atoms with Crippen LogP contribution in [0.5, 0.6) is 5.75 Å². The lowest BCUT2D eigenvalue weighted by Crippen LogP contribution is -2.25. The van der Waals surface area contributed by atoms with Gasteiger partial charge < -0.3 is 9.67 Å². The zero-order valence-electron chi connectivity index (χ0n) is 21.4. The second-order valence-electron chi connectivity index (χ2n) is 10.3. The van der Waals surface area contributed by atoms with E-state index in [4.69, 9.17) is 0 Å². The zero-order valence-corrected chi connectivity index (χ0v) is 22.2. The Bertz CT molecular complexity index is 1370. The number of hydrogen-bond acceptors (Lipinski definition) is 3. The molecular weight excluding hydrogens is 487 g/mol. The number of unbranched alkanes of at least 4 members (excludes halogenated alkanes) is 1. The number of nitrogens with zero attached hydrogens (tertiary/aromatic N) is 1. The molecule has 7 heteroatoms. The fraction of sp³-hybridized carbons (Fsp3) is 0.267. The molecule has 37 heavy (non-hydrogen) atoms. The van der Waals surface area contributed by atoms with Gasteiger partial charge in [0.15, 0.2) is 0 Å². The molecule has 4 rings (SSSR count). The number of aryl methyl sites for hydroxylation is 1. The smallest absolute Gasteiger partial charge is 0.240 e. The van der Waals surface area contributed by atoms with Crippen LogP contribution in [0.2, 0.25) is 0 Å². The van der Waals surface area contributed by atoms with Crippen molar-refractivity contribution < 1.29 is 17.9 Å². The number of benzene rings is 3. The first kappa shape index (κ1) is 26.6. The third-order valence-corrected chi connectivity index (χ3v) is 7.86. The van der Waals surface area contributed by atoms with Gasteiger partial charge in [-0.25, -0.2) is 17.5 Å². The van der Waals surface area contributed by atoms with E-state index in [1.807, 2.05) is 36.7 Å². The van der Waals surface area contributed by atoms with Crippen LogP contribution < -0.4 is 4.72 Å². The first-order valence-electron chi connectivity index (χ1n) is 12.4. The number of hydrogen-bond donors (Lipinski definition) is 2. The molecule has 1 aromatic heterocycles. The molecule has 194 valence electrons. The lowest BCUT2D eigenvalue weighted by molar-refractivity contribution is 0.475. The van der Waals surface area contributed by atoms with E-state index >= 15 is 0 Å². The Balaban J connectivity index is 1.40. The summed E-state index contributed by atoms with van der Waals surface area (Å²) in [6.45, 7) is 7.33. The van der Waals surface area contributed by atoms with Gasteiger partial charge >= 0.3 is 0 Å². The van der Waals surface area contributed by atoms with Crippen molar-refractivity contribution in [2.75, 3.05) is 6.54 Å². The van der Waals surface area contributed by atoms with Crippen LogP contribution in [0.3, 0.4) is 0 Å². The molecule has 0 spiro atoms. The molecule has 1 heterocycles. The largest absolute Gasteiger partial charge is 0.508 e. The van der Waals surface area contributed by atoms with Gasteiger partial charge in [-0.2, -0.15) is 0 Å². The summed E-state index contributed by atoms with van der Waals surface area (Å²) in [5.41, 5.74) is 4.84. The predicted molar refractivity (Wildman–Crippen MR) is 146 cm³/mol. The van der Waals surface area contributed by atoms with Crippen molar-refractivity contribution in [3.05, 3.63) is 96.6 Å². The number of aromatic hydroxyl groups is 1. The quantitative estimate of drug-likeness (QED) is 0.241. The number of phenols is 1. The Hall–Kier alpha value is -3.42. The van der Waals surface area contributed by atoms with Crippen LogP contribution in [0.1, 0.15) is 39.2 Å². The van der Waals surface area contributed by atoms with Crippen molar-refractivity contribution in [3.63, 3.8) is 0 Å². The SMILES string of the molecule is CC(C)(C)c1ccc(S(=O)(=O)NCCCCn2cc(-c3ccc(O)cc3)c(-c3ccc(F)cc3)c2)cc1. The Morgan fingerprint density at radius 3 is 1.89 bits per heavy atom. The van der Waals surface area contributed by atoms with Crippen molar-refractivity contribution >= 4 is 10.0 Å². The Labute approximate surface area is 218 Å². The Morgan fingerprint density at radius 1 is 0.811 bits per heavy atom. The number of phenolic OH excluding ortho intramolecular Hbond substituents is 1. The van der Waals surface area contributed by atoms with E-state index in [0.717, 1.165) is 34.2 Å². The summed E-state index contributed by atoms with van der Waals surface area (Å²) in [7, 11) is -3.56. The Morgan fingerprint density at radius 2 is 1.35 bits per heavy atom. The second kappa shape index (κ2) is 10.9. The van der Waals surface area contributed by atoms with Gasteiger partial charge in [0, 0.05) is 36.6 Å². The molecule has 0 radical (unpaired) electrons. The normalized spacial score (nSPS) is 12.1. The maximum Gasteiger partial charge on any atom is 0.240 e. The van der Waals surface area contributed by atoms with Crippen LogP contribution in [-0.4, -0.2) is 24.6 Å². The third kappa shape index (κ3) is 6.67. The van der Waals surface area contributed by atoms with E-state index in [0.29, 0.717) is 19.5 Å². The topological polar surface area (TPSA) is 71.3 Å². The van der Waals surface area contributed by atoms with Crippen LogP contribution in [0.4, 0.5) is 4.39 Å². The second-order valence-corrected chi connectivity index (χ2v) is 12.0. The minimum atomic E-state index is -3.56. The van der Waals surface area contributed by atoms with Crippen LogP contribution in [0.25, 0.3) is 22.3 Å². The first-order valence-corrected chi connectivity index (χ1v) is 13.9. The maximum absolute atomic E-state index is 13.5. The van der Waals surface area contributed by atoms with Gasteiger partial charge in [0.1, 0.15) is 11.6 Å². The van der Waals surface area contributed by atoms with Gasteiger partial charge in [-0.05, 0) is 71.3 Å². The van der Waals surface area contributed by atoms with Crippen molar-refractivity contribution in [2.24, 2.45) is 0 Å². The fourth-order valence-corrected chi connectivity index (χ4v) is 5.29. The lowest BCUT2D eigenvalue weighted by Gasteiger charge is -2.19. The molecule has 0 bridgehead atoms. The molecule has 0 aliphatic carbocycles. The molecule has 0 saturated heterocycles. The summed E-state index contributed by atoms with van der Waals surface area (Å²) in [6.07, 6.45) is 5.51. The van der Waals surface area contributed by atoms with Gasteiger partial charge in [-0.15, -0.1) is 0 Å². The highest BCUT2D eigenvalue weighted by atomic mass is 32.2. The molecule has 0 amide bonds. The van der Waals surface area contributed by atoms with Gasteiger partial charge in [0.25, 0.3) is 0 Å². The summed E-state index contributed by atoms with van der Waals surface area (Å²) < 4.78 is 43.6. The number of nitrogens with one attached hydrogen (secondary N) is 1. The van der Waals surface area contributed by atoms with E-state index in [9.17, 15) is 17.9 Å². The van der Waals surface area contributed by atoms with Crippen molar-refractivity contribution in [1.82, 2.24) is 9.29 Å². The highest BCUT2D eigenvalue weighted by Crippen LogP contribution is 2.34. The standard InChI is InChI=1S/C30H33FN2O3S/c1-30(2,3)24-10-16-27(17-11-24)37(35,36)32-18-4-5-19-33-20-28(22-6-12-25(31)13-7-22)29(21-33)23-8-14-26(34)15-9-23/h6-17,20-21,32,34H,4-5,18-19H2,1-3H3. The molecule has 4 aromatic rings. The number of aromatic nitrogens is 1. The van der Waals surface area contributed by atoms with Crippen molar-refractivity contribution in [2.45, 2.75) is 50.5 Å². The zero-order chi connectivity index (χ0) is 26.6. The lowest BCUT2D eigenvalue weighted by atomic mass is 9.87. The maximum atomic E-state index is 13.5. The fourth-order valence-electron chi connectivity index (χ4n) is 4.21. The molecule has 2 N–H and O–H groups in total. The number of halogens is 1. The highest BCUT2D eigenvalue weighted by molar-refractivity contribution is 7.89. The highest BCUT2D eigenvalue weighted by Gasteiger charge is 2.17. The van der Waals surface area contributed by atoms with Crippen LogP contribution in [0.15, 0.2) is 90.1 Å². The summed E-state index contributed by atoms with van der Waals surface area (Å²) in [4.78, 5) is 0.272. The van der Waals surface area contributed by atoms with Crippen LogP contribution >= 0.6 is 0 Å². The van der Waals surface area contributed by atoms with E-state index < -0.39 is 10.0 Å². The molecular formula is C30H33FN2O3S. The number of rotatable bonds is 9. The molecule has 0 saturated carbocycles. The predicted octanol–water partition coefficient (Wildman–Crippen LogP) is 6.72. The number of sulfonamides is 1. The minimum Gasteiger partial charge on any atom is -0.508 e. The monoisotopic (exact) mass is 520 g/mol. The van der Waals surface area contributed by atoms with Gasteiger partial charge in [-0.3, -0.25) is 0 Å². The van der Waals surface area contributed by atoms with E-state index in [2.05, 4.69) is 30.1 Å². The average Bonchev–Trinajstić information content (AvgIpc) is 3.28. The van der Waals surface area contributed by atoms with E-state index in [-0.39, 0.29) is 21.9 Å². The molecule has 0 unspecified atom stereocenters. The summed E-state index contributed by atoms with van der Waals surface area (Å²) >= 11 is 0. The summed E-state index contributed by atoms with van der Waals surface area (Å²) in [5, 5.41) is 9.67. The molecule has 0 aliphatic rings. The molecule has 3 aromatic carbocycles. The van der Waals surface area contributed by atoms with Crippen molar-refractivity contribution in [3.8, 4) is 28.0 Å². The molecule has 0 atom stereocenters. The van der Waals surface area contributed by atoms with Gasteiger partial charge in [0.2, 0.25) is 10.0 Å². The summed E-state index contributed by atoms with van der Waals surface area (Å²) in [6, 6.07) is 20.4. The molecule has 0 aliphatic heterocycles. The first-order chi connectivity index (χ1) is 17.5. The average molecular weight is 521 g/mol. The third-order valence-electron chi connectivity index (χ3n) is 6.38.